The van der Waals surface area contributed by atoms with Crippen LogP contribution in [0.2, 0.25) is 5.15 Å². The van der Waals surface area contributed by atoms with E-state index in [4.69, 9.17) is 11.6 Å². The van der Waals surface area contributed by atoms with Crippen LogP contribution in [0.5, 0.6) is 0 Å². The van der Waals surface area contributed by atoms with Gasteiger partial charge >= 0.3 is 0 Å². The van der Waals surface area contributed by atoms with Gasteiger partial charge in [-0.2, -0.15) is 5.10 Å². The molecule has 0 spiro atoms. The van der Waals surface area contributed by atoms with Crippen LogP contribution < -0.4 is 0 Å². The van der Waals surface area contributed by atoms with E-state index in [0.717, 1.165) is 28.0 Å². The van der Waals surface area contributed by atoms with Crippen LogP contribution in [0.25, 0.3) is 0 Å². The standard InChI is InChI=1S/C10H12ClN5S/c1-4-7-14-8(11)6(2)9(15-7)17-10-12-5-13-16(10)3/h5H,4H2,1-3H3. The van der Waals surface area contributed by atoms with Crippen molar-refractivity contribution in [2.75, 3.05) is 0 Å². The van der Waals surface area contributed by atoms with Crippen molar-refractivity contribution in [3.05, 3.63) is 22.9 Å². The van der Waals surface area contributed by atoms with E-state index in [-0.39, 0.29) is 0 Å². The highest BCUT2D eigenvalue weighted by Crippen LogP contribution is 2.29. The minimum absolute atomic E-state index is 0.501. The molecular formula is C10H12ClN5S. The fourth-order valence-corrected chi connectivity index (χ4v) is 2.33. The molecule has 0 amide bonds. The molecule has 2 heterocycles. The van der Waals surface area contributed by atoms with Crippen molar-refractivity contribution in [1.82, 2.24) is 24.7 Å². The Kier molecular flexibility index (Phi) is 3.63. The Bertz CT molecular complexity index is 539. The molecule has 0 aliphatic heterocycles. The molecule has 0 aromatic carbocycles. The minimum atomic E-state index is 0.501. The molecule has 0 saturated heterocycles. The Labute approximate surface area is 109 Å². The number of hydrogen-bond donors (Lipinski definition) is 0. The maximum Gasteiger partial charge on any atom is 0.192 e. The molecule has 0 N–H and O–H groups in total. The van der Waals surface area contributed by atoms with Gasteiger partial charge in [0.05, 0.1) is 0 Å². The third-order valence-corrected chi connectivity index (χ3v) is 3.77. The highest BCUT2D eigenvalue weighted by atomic mass is 35.5. The van der Waals surface area contributed by atoms with Gasteiger partial charge in [-0.1, -0.05) is 18.5 Å². The largest absolute Gasteiger partial charge is 0.244 e. The zero-order chi connectivity index (χ0) is 12.4. The van der Waals surface area contributed by atoms with E-state index in [1.165, 1.54) is 18.1 Å². The van der Waals surface area contributed by atoms with Crippen molar-refractivity contribution in [2.24, 2.45) is 7.05 Å². The van der Waals surface area contributed by atoms with Crippen molar-refractivity contribution in [1.29, 1.82) is 0 Å². The lowest BCUT2D eigenvalue weighted by atomic mass is 10.3. The van der Waals surface area contributed by atoms with Crippen molar-refractivity contribution in [3.8, 4) is 0 Å². The average Bonchev–Trinajstić information content (AvgIpc) is 2.70. The van der Waals surface area contributed by atoms with Gasteiger partial charge in [-0.3, -0.25) is 0 Å². The lowest BCUT2D eigenvalue weighted by Gasteiger charge is -2.07. The van der Waals surface area contributed by atoms with Gasteiger partial charge in [-0.05, 0) is 18.7 Å². The quantitative estimate of drug-likeness (QED) is 0.800. The SMILES string of the molecule is CCc1nc(Cl)c(C)c(Sc2ncnn2C)n1. The smallest absolute Gasteiger partial charge is 0.192 e. The summed E-state index contributed by atoms with van der Waals surface area (Å²) in [7, 11) is 1.84. The molecule has 0 unspecified atom stereocenters. The van der Waals surface area contributed by atoms with Crippen LogP contribution >= 0.6 is 23.4 Å². The first-order chi connectivity index (χ1) is 8.11. The van der Waals surface area contributed by atoms with E-state index in [1.54, 1.807) is 4.68 Å². The van der Waals surface area contributed by atoms with Gasteiger partial charge in [-0.15, -0.1) is 0 Å². The summed E-state index contributed by atoms with van der Waals surface area (Å²) in [6.45, 7) is 3.90. The molecule has 0 aliphatic carbocycles. The Balaban J connectivity index is 2.38. The van der Waals surface area contributed by atoms with E-state index in [9.17, 15) is 0 Å². The maximum absolute atomic E-state index is 6.07. The van der Waals surface area contributed by atoms with Gasteiger partial charge in [-0.25, -0.2) is 19.6 Å². The van der Waals surface area contributed by atoms with Crippen LogP contribution in [0.3, 0.4) is 0 Å². The summed E-state index contributed by atoms with van der Waals surface area (Å²) >= 11 is 7.52. The second kappa shape index (κ2) is 5.01. The molecule has 0 bridgehead atoms. The monoisotopic (exact) mass is 269 g/mol. The zero-order valence-electron chi connectivity index (χ0n) is 9.81. The first-order valence-electron chi connectivity index (χ1n) is 5.16. The summed E-state index contributed by atoms with van der Waals surface area (Å²) in [6.07, 6.45) is 2.27. The lowest BCUT2D eigenvalue weighted by Crippen LogP contribution is -2.00. The number of halogens is 1. The molecule has 0 fully saturated rings. The van der Waals surface area contributed by atoms with Gasteiger partial charge in [0.15, 0.2) is 5.16 Å². The lowest BCUT2D eigenvalue weighted by molar-refractivity contribution is 0.684. The molecule has 17 heavy (non-hydrogen) atoms. The van der Waals surface area contributed by atoms with E-state index in [2.05, 4.69) is 20.1 Å². The fourth-order valence-electron chi connectivity index (χ4n) is 1.23. The van der Waals surface area contributed by atoms with E-state index < -0.39 is 0 Å². The topological polar surface area (TPSA) is 56.5 Å². The third kappa shape index (κ3) is 2.58. The van der Waals surface area contributed by atoms with Crippen LogP contribution in [-0.4, -0.2) is 24.7 Å². The molecule has 2 aromatic rings. The van der Waals surface area contributed by atoms with Crippen molar-refractivity contribution >= 4 is 23.4 Å². The zero-order valence-corrected chi connectivity index (χ0v) is 11.4. The summed E-state index contributed by atoms with van der Waals surface area (Å²) < 4.78 is 1.70. The molecule has 5 nitrogen and oxygen atoms in total. The summed E-state index contributed by atoms with van der Waals surface area (Å²) in [5.74, 6) is 0.741. The van der Waals surface area contributed by atoms with Crippen LogP contribution in [0.1, 0.15) is 18.3 Å². The molecule has 0 radical (unpaired) electrons. The van der Waals surface area contributed by atoms with Crippen molar-refractivity contribution in [3.63, 3.8) is 0 Å². The van der Waals surface area contributed by atoms with E-state index in [1.807, 2.05) is 20.9 Å². The van der Waals surface area contributed by atoms with Crippen molar-refractivity contribution in [2.45, 2.75) is 30.5 Å². The molecule has 0 atom stereocenters. The van der Waals surface area contributed by atoms with Crippen LogP contribution in [0.4, 0.5) is 0 Å². The van der Waals surface area contributed by atoms with Crippen LogP contribution in [-0.2, 0) is 13.5 Å². The molecular weight excluding hydrogens is 258 g/mol. The van der Waals surface area contributed by atoms with Gasteiger partial charge in [0.1, 0.15) is 22.3 Å². The Morgan fingerprint density at radius 2 is 2.18 bits per heavy atom. The first-order valence-corrected chi connectivity index (χ1v) is 6.36. The van der Waals surface area contributed by atoms with Gasteiger partial charge in [0.2, 0.25) is 0 Å². The maximum atomic E-state index is 6.07. The van der Waals surface area contributed by atoms with Crippen molar-refractivity contribution < 1.29 is 0 Å². The molecule has 2 rings (SSSR count). The first kappa shape index (κ1) is 12.3. The third-order valence-electron chi connectivity index (χ3n) is 2.26. The van der Waals surface area contributed by atoms with Crippen LogP contribution in [0, 0.1) is 6.92 Å². The molecule has 90 valence electrons. The number of rotatable bonds is 3. The second-order valence-electron chi connectivity index (χ2n) is 3.48. The van der Waals surface area contributed by atoms with Gasteiger partial charge < -0.3 is 0 Å². The number of hydrogen-bond acceptors (Lipinski definition) is 5. The highest BCUT2D eigenvalue weighted by Gasteiger charge is 2.12. The average molecular weight is 270 g/mol. The van der Waals surface area contributed by atoms with Gasteiger partial charge in [0.25, 0.3) is 0 Å². The normalized spacial score (nSPS) is 10.8. The van der Waals surface area contributed by atoms with Gasteiger partial charge in [0, 0.05) is 19.0 Å². The molecule has 0 saturated carbocycles. The minimum Gasteiger partial charge on any atom is -0.244 e. The number of aryl methyl sites for hydroxylation is 2. The van der Waals surface area contributed by atoms with E-state index in [0.29, 0.717) is 5.15 Å². The Hall–Kier alpha value is -1.14. The predicted molar refractivity (Wildman–Crippen MR) is 66.3 cm³/mol. The molecule has 0 aliphatic rings. The number of aromatic nitrogens is 5. The molecule has 2 aromatic heterocycles. The predicted octanol–water partition coefficient (Wildman–Crippen LogP) is 2.28. The summed E-state index contributed by atoms with van der Waals surface area (Å²) in [4.78, 5) is 12.8. The molecule has 7 heteroatoms. The Morgan fingerprint density at radius 1 is 1.41 bits per heavy atom. The summed E-state index contributed by atoms with van der Waals surface area (Å²) in [5.41, 5.74) is 0.872. The second-order valence-corrected chi connectivity index (χ2v) is 4.80. The summed E-state index contributed by atoms with van der Waals surface area (Å²) in [5, 5.41) is 6.13. The Morgan fingerprint density at radius 3 is 2.76 bits per heavy atom. The summed E-state index contributed by atoms with van der Waals surface area (Å²) in [6, 6.07) is 0. The fraction of sp³-hybridized carbons (Fsp3) is 0.400. The van der Waals surface area contributed by atoms with Crippen LogP contribution in [0.15, 0.2) is 16.5 Å². The highest BCUT2D eigenvalue weighted by molar-refractivity contribution is 7.99. The number of nitrogens with zero attached hydrogens (tertiary/aromatic N) is 5. The van der Waals surface area contributed by atoms with E-state index >= 15 is 0 Å².